The molecule has 0 saturated carbocycles. The Bertz CT molecular complexity index is 424. The molecule has 1 saturated heterocycles. The lowest BCUT2D eigenvalue weighted by Crippen LogP contribution is -2.33. The zero-order valence-electron chi connectivity index (χ0n) is 23.6. The van der Waals surface area contributed by atoms with Crippen molar-refractivity contribution in [3.05, 3.63) is 0 Å². The summed E-state index contributed by atoms with van der Waals surface area (Å²) in [5.74, 6) is -0.321. The second-order valence-corrected chi connectivity index (χ2v) is 10.8. The molecule has 5 heteroatoms. The van der Waals surface area contributed by atoms with Crippen LogP contribution < -0.4 is 0 Å². The maximum Gasteiger partial charge on any atom is 0.168 e. The molecule has 0 spiro atoms. The molecule has 0 bridgehead atoms. The van der Waals surface area contributed by atoms with Gasteiger partial charge in [-0.25, -0.2) is 0 Å². The van der Waals surface area contributed by atoms with Crippen LogP contribution in [0.25, 0.3) is 0 Å². The first-order valence-corrected chi connectivity index (χ1v) is 14.5. The minimum atomic E-state index is -0.321. The van der Waals surface area contributed by atoms with E-state index in [0.29, 0.717) is 6.04 Å². The average Bonchev–Trinajstić information content (AvgIpc) is 3.23. The van der Waals surface area contributed by atoms with E-state index in [1.54, 1.807) is 14.2 Å². The highest BCUT2D eigenvalue weighted by Crippen LogP contribution is 2.35. The van der Waals surface area contributed by atoms with Crippen LogP contribution in [0.4, 0.5) is 0 Å². The van der Waals surface area contributed by atoms with E-state index in [0.717, 1.165) is 45.6 Å². The van der Waals surface area contributed by atoms with Crippen LogP contribution in [0.1, 0.15) is 123 Å². The Morgan fingerprint density at radius 1 is 0.735 bits per heavy atom. The van der Waals surface area contributed by atoms with E-state index < -0.39 is 0 Å². The summed E-state index contributed by atoms with van der Waals surface area (Å²) in [6.07, 6.45) is 21.4. The minimum Gasteiger partial charge on any atom is -0.385 e. The SMILES string of the molecule is COCCCCCCCCCC1(CCCCCCCCCOC)OCC(CCN(C)C(C)C)O1. The van der Waals surface area contributed by atoms with Gasteiger partial charge in [-0.3, -0.25) is 0 Å². The van der Waals surface area contributed by atoms with Gasteiger partial charge >= 0.3 is 0 Å². The Morgan fingerprint density at radius 3 is 1.62 bits per heavy atom. The van der Waals surface area contributed by atoms with E-state index in [4.69, 9.17) is 18.9 Å². The van der Waals surface area contributed by atoms with Crippen molar-refractivity contribution in [2.24, 2.45) is 0 Å². The predicted molar refractivity (Wildman–Crippen MR) is 144 cm³/mol. The van der Waals surface area contributed by atoms with Gasteiger partial charge in [0.25, 0.3) is 0 Å². The summed E-state index contributed by atoms with van der Waals surface area (Å²) in [5, 5.41) is 0. The van der Waals surface area contributed by atoms with Gasteiger partial charge in [0, 0.05) is 52.9 Å². The molecular formula is C29H59NO4. The third kappa shape index (κ3) is 15.7. The first-order valence-electron chi connectivity index (χ1n) is 14.5. The zero-order valence-corrected chi connectivity index (χ0v) is 23.6. The van der Waals surface area contributed by atoms with Gasteiger partial charge in [-0.05, 0) is 53.0 Å². The number of unbranched alkanes of at least 4 members (excludes halogenated alkanes) is 12. The highest BCUT2D eigenvalue weighted by molar-refractivity contribution is 4.80. The maximum atomic E-state index is 6.65. The first-order chi connectivity index (χ1) is 16.5. The number of nitrogens with zero attached hydrogens (tertiary/aromatic N) is 1. The molecule has 0 amide bonds. The van der Waals surface area contributed by atoms with Crippen LogP contribution >= 0.6 is 0 Å². The zero-order chi connectivity index (χ0) is 24.9. The Morgan fingerprint density at radius 2 is 1.18 bits per heavy atom. The molecule has 1 unspecified atom stereocenters. The second-order valence-electron chi connectivity index (χ2n) is 10.8. The van der Waals surface area contributed by atoms with Crippen molar-refractivity contribution in [1.29, 1.82) is 0 Å². The topological polar surface area (TPSA) is 40.2 Å². The molecule has 1 heterocycles. The summed E-state index contributed by atoms with van der Waals surface area (Å²) < 4.78 is 23.4. The van der Waals surface area contributed by atoms with Crippen molar-refractivity contribution < 1.29 is 18.9 Å². The fourth-order valence-corrected chi connectivity index (χ4v) is 4.80. The molecule has 34 heavy (non-hydrogen) atoms. The van der Waals surface area contributed by atoms with Crippen LogP contribution in [0, 0.1) is 0 Å². The Balaban J connectivity index is 2.32. The molecule has 0 aromatic rings. The van der Waals surface area contributed by atoms with E-state index in [1.807, 2.05) is 0 Å². The lowest BCUT2D eigenvalue weighted by molar-refractivity contribution is -0.180. The molecular weight excluding hydrogens is 426 g/mol. The molecule has 0 N–H and O–H groups in total. The third-order valence-electron chi connectivity index (χ3n) is 7.41. The molecule has 0 aliphatic carbocycles. The molecule has 1 aliphatic rings. The van der Waals surface area contributed by atoms with E-state index in [-0.39, 0.29) is 11.9 Å². The number of hydrogen-bond donors (Lipinski definition) is 0. The fourth-order valence-electron chi connectivity index (χ4n) is 4.80. The maximum absolute atomic E-state index is 6.65. The van der Waals surface area contributed by atoms with Gasteiger partial charge in [-0.1, -0.05) is 64.2 Å². The molecule has 0 aromatic heterocycles. The smallest absolute Gasteiger partial charge is 0.168 e. The van der Waals surface area contributed by atoms with E-state index >= 15 is 0 Å². The molecule has 5 nitrogen and oxygen atoms in total. The van der Waals surface area contributed by atoms with Crippen molar-refractivity contribution in [1.82, 2.24) is 4.90 Å². The van der Waals surface area contributed by atoms with E-state index in [9.17, 15) is 0 Å². The lowest BCUT2D eigenvalue weighted by Gasteiger charge is -2.29. The fraction of sp³-hybridized carbons (Fsp3) is 1.00. The molecule has 204 valence electrons. The predicted octanol–water partition coefficient (Wildman–Crippen LogP) is 7.36. The highest BCUT2D eigenvalue weighted by Gasteiger charge is 2.40. The number of rotatable bonds is 24. The highest BCUT2D eigenvalue weighted by atomic mass is 16.7. The Hall–Kier alpha value is -0.200. The van der Waals surface area contributed by atoms with Gasteiger partial charge < -0.3 is 23.8 Å². The van der Waals surface area contributed by atoms with Crippen molar-refractivity contribution in [2.75, 3.05) is 47.6 Å². The Labute approximate surface area is 212 Å². The first kappa shape index (κ1) is 31.8. The Kier molecular flexibility index (Phi) is 19.6. The lowest BCUT2D eigenvalue weighted by atomic mass is 9.98. The summed E-state index contributed by atoms with van der Waals surface area (Å²) >= 11 is 0. The average molecular weight is 486 g/mol. The quantitative estimate of drug-likeness (QED) is 0.134. The standard InChI is InChI=1S/C29H59NO4/c1-27(2)30(3)23-20-28-26-33-29(34-28,21-16-12-8-6-10-14-18-24-31-4)22-17-13-9-7-11-15-19-25-32-5/h27-28H,6-26H2,1-5H3. The monoisotopic (exact) mass is 485 g/mol. The second kappa shape index (κ2) is 20.9. The molecule has 1 fully saturated rings. The molecule has 0 aromatic carbocycles. The number of hydrogen-bond acceptors (Lipinski definition) is 5. The summed E-state index contributed by atoms with van der Waals surface area (Å²) in [7, 11) is 5.79. The van der Waals surface area contributed by atoms with Crippen molar-refractivity contribution in [2.45, 2.75) is 141 Å². The summed E-state index contributed by atoms with van der Waals surface area (Å²) in [4.78, 5) is 2.41. The van der Waals surface area contributed by atoms with Gasteiger partial charge in [-0.2, -0.15) is 0 Å². The van der Waals surface area contributed by atoms with E-state index in [2.05, 4.69) is 25.8 Å². The van der Waals surface area contributed by atoms with Gasteiger partial charge in [-0.15, -0.1) is 0 Å². The molecule has 1 aliphatic heterocycles. The van der Waals surface area contributed by atoms with Crippen LogP contribution in [0.5, 0.6) is 0 Å². The van der Waals surface area contributed by atoms with Crippen LogP contribution in [-0.4, -0.2) is 70.5 Å². The number of ether oxygens (including phenoxy) is 4. The minimum absolute atomic E-state index is 0.253. The van der Waals surface area contributed by atoms with E-state index in [1.165, 1.54) is 89.9 Å². The van der Waals surface area contributed by atoms with Crippen molar-refractivity contribution >= 4 is 0 Å². The third-order valence-corrected chi connectivity index (χ3v) is 7.41. The molecule has 1 atom stereocenters. The van der Waals surface area contributed by atoms with Gasteiger partial charge in [0.05, 0.1) is 12.7 Å². The summed E-state index contributed by atoms with van der Waals surface area (Å²) in [6, 6.07) is 0.580. The van der Waals surface area contributed by atoms with Gasteiger partial charge in [0.2, 0.25) is 0 Å². The normalized spacial score (nSPS) is 17.9. The van der Waals surface area contributed by atoms with Crippen LogP contribution in [0.2, 0.25) is 0 Å². The van der Waals surface area contributed by atoms with Crippen LogP contribution in [0.3, 0.4) is 0 Å². The molecule has 0 radical (unpaired) electrons. The van der Waals surface area contributed by atoms with Crippen molar-refractivity contribution in [3.63, 3.8) is 0 Å². The van der Waals surface area contributed by atoms with Crippen molar-refractivity contribution in [3.8, 4) is 0 Å². The van der Waals surface area contributed by atoms with Crippen LogP contribution in [-0.2, 0) is 18.9 Å². The van der Waals surface area contributed by atoms with Crippen LogP contribution in [0.15, 0.2) is 0 Å². The summed E-state index contributed by atoms with van der Waals surface area (Å²) in [6.45, 7) is 8.16. The largest absolute Gasteiger partial charge is 0.385 e. The van der Waals surface area contributed by atoms with Gasteiger partial charge in [0.15, 0.2) is 5.79 Å². The van der Waals surface area contributed by atoms with Gasteiger partial charge in [0.1, 0.15) is 0 Å². The molecule has 1 rings (SSSR count). The summed E-state index contributed by atoms with van der Waals surface area (Å²) in [5.41, 5.74) is 0. The number of methoxy groups -OCH3 is 2.